The Bertz CT molecular complexity index is 1210. The molecule has 5 nitrogen and oxygen atoms in total. The van der Waals surface area contributed by atoms with E-state index in [0.717, 1.165) is 36.6 Å². The topological polar surface area (TPSA) is 61.4 Å². The van der Waals surface area contributed by atoms with Gasteiger partial charge in [-0.3, -0.25) is 9.59 Å². The van der Waals surface area contributed by atoms with E-state index in [2.05, 4.69) is 55.7 Å². The van der Waals surface area contributed by atoms with Gasteiger partial charge in [0, 0.05) is 42.2 Å². The Hall–Kier alpha value is -2.89. The Morgan fingerprint density at radius 1 is 1.08 bits per heavy atom. The zero-order valence-corrected chi connectivity index (χ0v) is 22.8. The summed E-state index contributed by atoms with van der Waals surface area (Å²) >= 11 is 6.09. The highest BCUT2D eigenvalue weighted by Crippen LogP contribution is 2.24. The summed E-state index contributed by atoms with van der Waals surface area (Å²) in [5.74, 6) is 0.759. The average Bonchev–Trinajstić information content (AvgIpc) is 3.04. The van der Waals surface area contributed by atoms with Gasteiger partial charge in [0.25, 0.3) is 5.91 Å². The van der Waals surface area contributed by atoms with Crippen molar-refractivity contribution in [2.24, 2.45) is 5.92 Å². The van der Waals surface area contributed by atoms with Crippen LogP contribution in [0.15, 0.2) is 66.7 Å². The smallest absolute Gasteiger partial charge is 0.251 e. The summed E-state index contributed by atoms with van der Waals surface area (Å²) < 4.78 is 0. The van der Waals surface area contributed by atoms with Crippen LogP contribution in [0.2, 0.25) is 5.02 Å². The number of nitrogens with zero attached hydrogens (tertiary/aromatic N) is 1. The molecule has 3 aromatic rings. The van der Waals surface area contributed by atoms with Crippen LogP contribution in [0.1, 0.15) is 61.9 Å². The molecule has 1 heterocycles. The summed E-state index contributed by atoms with van der Waals surface area (Å²) in [5, 5.41) is 9.34. The fourth-order valence-corrected chi connectivity index (χ4v) is 5.38. The summed E-state index contributed by atoms with van der Waals surface area (Å²) in [6.07, 6.45) is 2.55. The first-order valence-corrected chi connectivity index (χ1v) is 13.8. The number of hydrogen-bond acceptors (Lipinski definition) is 3. The van der Waals surface area contributed by atoms with Gasteiger partial charge in [-0.05, 0) is 65.8 Å². The first-order valence-electron chi connectivity index (χ1n) is 13.4. The van der Waals surface area contributed by atoms with Gasteiger partial charge in [0.05, 0.1) is 6.04 Å². The normalized spacial score (nSPS) is 19.2. The highest BCUT2D eigenvalue weighted by atomic mass is 35.5. The molecule has 3 atom stereocenters. The van der Waals surface area contributed by atoms with Crippen LogP contribution in [0.5, 0.6) is 0 Å². The number of carbonyl (C=O) groups is 2. The van der Waals surface area contributed by atoms with Crippen molar-refractivity contribution in [1.29, 1.82) is 0 Å². The zero-order valence-electron chi connectivity index (χ0n) is 22.0. The molecule has 0 aliphatic carbocycles. The molecule has 6 heteroatoms. The summed E-state index contributed by atoms with van der Waals surface area (Å²) in [7, 11) is 0. The predicted octanol–water partition coefficient (Wildman–Crippen LogP) is 6.02. The number of nitrogens with one attached hydrogen (secondary N) is 2. The molecule has 1 aliphatic heterocycles. The van der Waals surface area contributed by atoms with E-state index in [0.29, 0.717) is 35.5 Å². The lowest BCUT2D eigenvalue weighted by Crippen LogP contribution is -2.49. The average molecular weight is 520 g/mol. The van der Waals surface area contributed by atoms with Crippen LogP contribution in [-0.4, -0.2) is 48.4 Å². The van der Waals surface area contributed by atoms with Gasteiger partial charge in [0.2, 0.25) is 5.91 Å². The van der Waals surface area contributed by atoms with Gasteiger partial charge in [-0.2, -0.15) is 0 Å². The fourth-order valence-electron chi connectivity index (χ4n) is 5.20. The number of fused-ring (bicyclic) bond motifs is 1. The highest BCUT2D eigenvalue weighted by Gasteiger charge is 2.32. The van der Waals surface area contributed by atoms with E-state index in [4.69, 9.17) is 11.6 Å². The predicted molar refractivity (Wildman–Crippen MR) is 152 cm³/mol. The summed E-state index contributed by atoms with van der Waals surface area (Å²) in [4.78, 5) is 28.6. The summed E-state index contributed by atoms with van der Waals surface area (Å²) in [6.45, 7) is 8.35. The minimum absolute atomic E-state index is 0.0257. The molecule has 1 aliphatic rings. The number of rotatable bonds is 9. The van der Waals surface area contributed by atoms with E-state index in [1.165, 1.54) is 5.56 Å². The maximum absolute atomic E-state index is 13.6. The van der Waals surface area contributed by atoms with Gasteiger partial charge < -0.3 is 15.5 Å². The lowest BCUT2D eigenvalue weighted by Gasteiger charge is -2.29. The molecule has 0 spiro atoms. The minimum Gasteiger partial charge on any atom is -0.350 e. The molecule has 37 heavy (non-hydrogen) atoms. The van der Waals surface area contributed by atoms with Crippen molar-refractivity contribution in [3.8, 4) is 0 Å². The van der Waals surface area contributed by atoms with Crippen molar-refractivity contribution in [1.82, 2.24) is 15.5 Å². The third-order valence-electron chi connectivity index (χ3n) is 7.28. The molecule has 2 amide bonds. The summed E-state index contributed by atoms with van der Waals surface area (Å²) in [6, 6.07) is 21.5. The minimum atomic E-state index is -0.247. The molecule has 3 aromatic carbocycles. The second kappa shape index (κ2) is 12.6. The zero-order chi connectivity index (χ0) is 26.4. The molecule has 0 saturated carbocycles. The molecular formula is C31H38ClN3O2. The fraction of sp³-hybridized carbons (Fsp3) is 0.419. The molecular weight excluding hydrogens is 482 g/mol. The molecule has 4 rings (SSSR count). The van der Waals surface area contributed by atoms with Crippen molar-refractivity contribution in [3.63, 3.8) is 0 Å². The van der Waals surface area contributed by atoms with Crippen LogP contribution in [0.4, 0.5) is 0 Å². The van der Waals surface area contributed by atoms with Crippen LogP contribution < -0.4 is 10.6 Å². The molecule has 1 saturated heterocycles. The van der Waals surface area contributed by atoms with Gasteiger partial charge >= 0.3 is 0 Å². The van der Waals surface area contributed by atoms with E-state index in [1.54, 1.807) is 0 Å². The van der Waals surface area contributed by atoms with Crippen molar-refractivity contribution < 1.29 is 9.59 Å². The third kappa shape index (κ3) is 7.12. The molecule has 1 unspecified atom stereocenters. The van der Waals surface area contributed by atoms with Crippen molar-refractivity contribution in [2.45, 2.75) is 58.0 Å². The van der Waals surface area contributed by atoms with Crippen molar-refractivity contribution in [2.75, 3.05) is 19.6 Å². The quantitative estimate of drug-likeness (QED) is 0.363. The standard InChI is InChI=1S/C31H38ClN3O2/c1-4-22(23-8-6-5-7-9-23)20-35-15-14-28(34-29(31(35)37)16-21(2)3)19-33-30(36)26-11-10-25-18-27(32)13-12-24(25)17-26/h5-13,17-18,21-22,28-29,34H,4,14-16,19-20H2,1-3H3,(H,33,36)/t22?,28-,29-/m0/s1. The van der Waals surface area contributed by atoms with Crippen molar-refractivity contribution >= 4 is 34.2 Å². The van der Waals surface area contributed by atoms with E-state index in [-0.39, 0.29) is 23.9 Å². The Morgan fingerprint density at radius 2 is 1.81 bits per heavy atom. The van der Waals surface area contributed by atoms with Crippen LogP contribution in [0.25, 0.3) is 10.8 Å². The lowest BCUT2D eigenvalue weighted by molar-refractivity contribution is -0.133. The highest BCUT2D eigenvalue weighted by molar-refractivity contribution is 6.31. The van der Waals surface area contributed by atoms with Gasteiger partial charge in [-0.15, -0.1) is 0 Å². The molecule has 196 valence electrons. The summed E-state index contributed by atoms with van der Waals surface area (Å²) in [5.41, 5.74) is 1.89. The monoisotopic (exact) mass is 519 g/mol. The van der Waals surface area contributed by atoms with Crippen LogP contribution in [0, 0.1) is 5.92 Å². The van der Waals surface area contributed by atoms with Gasteiger partial charge in [0.15, 0.2) is 0 Å². The first-order chi connectivity index (χ1) is 17.8. The van der Waals surface area contributed by atoms with Crippen LogP contribution in [0.3, 0.4) is 0 Å². The molecule has 0 aromatic heterocycles. The van der Waals surface area contributed by atoms with Crippen molar-refractivity contribution in [3.05, 3.63) is 82.9 Å². The maximum atomic E-state index is 13.6. The van der Waals surface area contributed by atoms with E-state index < -0.39 is 0 Å². The Balaban J connectivity index is 1.43. The SMILES string of the molecule is CCC(CN1CC[C@@H](CNC(=O)c2ccc3cc(Cl)ccc3c2)N[C@@H](CC(C)C)C1=O)c1ccccc1. The van der Waals surface area contributed by atoms with E-state index in [1.807, 2.05) is 47.4 Å². The van der Waals surface area contributed by atoms with Crippen LogP contribution >= 0.6 is 11.6 Å². The Labute approximate surface area is 225 Å². The second-order valence-electron chi connectivity index (χ2n) is 10.6. The first kappa shape index (κ1) is 27.2. The van der Waals surface area contributed by atoms with Gasteiger partial charge in [-0.1, -0.05) is 74.8 Å². The maximum Gasteiger partial charge on any atom is 0.251 e. The molecule has 1 fully saturated rings. The number of halogens is 1. The second-order valence-corrected chi connectivity index (χ2v) is 11.0. The number of benzene rings is 3. The molecule has 0 radical (unpaired) electrons. The number of hydrogen-bond donors (Lipinski definition) is 2. The van der Waals surface area contributed by atoms with E-state index in [9.17, 15) is 9.59 Å². The van der Waals surface area contributed by atoms with Gasteiger partial charge in [0.1, 0.15) is 0 Å². The number of amides is 2. The number of carbonyl (C=O) groups excluding carboxylic acids is 2. The molecule has 2 N–H and O–H groups in total. The molecule has 0 bridgehead atoms. The van der Waals surface area contributed by atoms with Gasteiger partial charge in [-0.25, -0.2) is 0 Å². The van der Waals surface area contributed by atoms with E-state index >= 15 is 0 Å². The van der Waals surface area contributed by atoms with Crippen LogP contribution in [-0.2, 0) is 4.79 Å². The lowest BCUT2D eigenvalue weighted by atomic mass is 9.95. The Kier molecular flexibility index (Phi) is 9.23. The Morgan fingerprint density at radius 3 is 2.54 bits per heavy atom. The third-order valence-corrected chi connectivity index (χ3v) is 7.51. The largest absolute Gasteiger partial charge is 0.350 e.